The van der Waals surface area contributed by atoms with Crippen LogP contribution >= 0.6 is 11.6 Å². The van der Waals surface area contributed by atoms with Gasteiger partial charge >= 0.3 is 0 Å². The molecule has 0 bridgehead atoms. The van der Waals surface area contributed by atoms with Crippen LogP contribution in [0.3, 0.4) is 0 Å². The number of carbonyl (C=O) groups is 1. The Balaban J connectivity index is 1.42. The van der Waals surface area contributed by atoms with Gasteiger partial charge in [-0.25, -0.2) is 9.67 Å². The zero-order valence-corrected chi connectivity index (χ0v) is 17.8. The molecule has 9 heteroatoms. The standard InChI is InChI=1S/C22H20ClN5O3/c1-14-4-3-5-18(10-14)30-12-19-15(2)31-27-20(19)21(29)25-22-24-13-28(26-22)11-16-6-8-17(23)9-7-16/h3-10,13H,11-12H2,1-2H3,(H,25,26,29). The number of benzene rings is 2. The van der Waals surface area contributed by atoms with Gasteiger partial charge in [-0.15, -0.1) is 5.10 Å². The van der Waals surface area contributed by atoms with Crippen LogP contribution in [0.1, 0.15) is 32.9 Å². The summed E-state index contributed by atoms with van der Waals surface area (Å²) in [7, 11) is 0. The Kier molecular flexibility index (Phi) is 5.99. The molecule has 0 aliphatic carbocycles. The second kappa shape index (κ2) is 9.01. The van der Waals surface area contributed by atoms with Crippen molar-refractivity contribution in [2.75, 3.05) is 5.32 Å². The quantitative estimate of drug-likeness (QED) is 0.460. The normalized spacial score (nSPS) is 10.8. The zero-order valence-electron chi connectivity index (χ0n) is 17.0. The fourth-order valence-electron chi connectivity index (χ4n) is 2.97. The molecule has 2 heterocycles. The van der Waals surface area contributed by atoms with E-state index in [1.807, 2.05) is 55.5 Å². The Labute approximate surface area is 183 Å². The molecule has 1 amide bonds. The number of nitrogens with one attached hydrogen (secondary N) is 1. The first-order chi connectivity index (χ1) is 15.0. The highest BCUT2D eigenvalue weighted by Gasteiger charge is 2.21. The Morgan fingerprint density at radius 1 is 1.19 bits per heavy atom. The number of nitrogens with zero attached hydrogens (tertiary/aromatic N) is 4. The van der Waals surface area contributed by atoms with Crippen molar-refractivity contribution >= 4 is 23.5 Å². The summed E-state index contributed by atoms with van der Waals surface area (Å²) in [6, 6.07) is 15.1. The van der Waals surface area contributed by atoms with Crippen molar-refractivity contribution in [2.24, 2.45) is 0 Å². The largest absolute Gasteiger partial charge is 0.489 e. The molecule has 0 aliphatic heterocycles. The maximum absolute atomic E-state index is 12.7. The average molecular weight is 438 g/mol. The van der Waals surface area contributed by atoms with Crippen LogP contribution in [0.5, 0.6) is 5.75 Å². The van der Waals surface area contributed by atoms with E-state index in [0.29, 0.717) is 28.6 Å². The number of rotatable bonds is 7. The third kappa shape index (κ3) is 5.10. The van der Waals surface area contributed by atoms with Crippen LogP contribution in [0.4, 0.5) is 5.95 Å². The molecule has 4 rings (SSSR count). The molecule has 0 fully saturated rings. The molecular weight excluding hydrogens is 418 g/mol. The number of carbonyl (C=O) groups excluding carboxylic acids is 1. The molecule has 158 valence electrons. The van der Waals surface area contributed by atoms with Crippen molar-refractivity contribution in [1.82, 2.24) is 19.9 Å². The number of ether oxygens (including phenoxy) is 1. The van der Waals surface area contributed by atoms with Crippen LogP contribution in [-0.2, 0) is 13.2 Å². The predicted octanol–water partition coefficient (Wildman–Crippen LogP) is 4.42. The van der Waals surface area contributed by atoms with Crippen molar-refractivity contribution in [3.05, 3.63) is 88.0 Å². The van der Waals surface area contributed by atoms with E-state index in [4.69, 9.17) is 20.9 Å². The van der Waals surface area contributed by atoms with Gasteiger partial charge in [0.2, 0.25) is 5.95 Å². The second-order valence-corrected chi connectivity index (χ2v) is 7.45. The van der Waals surface area contributed by atoms with Gasteiger partial charge in [0.25, 0.3) is 5.91 Å². The van der Waals surface area contributed by atoms with E-state index in [9.17, 15) is 4.79 Å². The van der Waals surface area contributed by atoms with E-state index in [1.54, 1.807) is 17.9 Å². The molecule has 4 aromatic rings. The molecule has 0 atom stereocenters. The second-order valence-electron chi connectivity index (χ2n) is 7.02. The first-order valence-electron chi connectivity index (χ1n) is 9.58. The highest BCUT2D eigenvalue weighted by Crippen LogP contribution is 2.19. The van der Waals surface area contributed by atoms with Gasteiger partial charge in [-0.1, -0.05) is 41.0 Å². The minimum Gasteiger partial charge on any atom is -0.489 e. The Morgan fingerprint density at radius 2 is 2.00 bits per heavy atom. The monoisotopic (exact) mass is 437 g/mol. The fraction of sp³-hybridized carbons (Fsp3) is 0.182. The summed E-state index contributed by atoms with van der Waals surface area (Å²) in [6.45, 7) is 4.37. The molecule has 0 unspecified atom stereocenters. The Bertz CT molecular complexity index is 1200. The van der Waals surface area contributed by atoms with E-state index in [1.165, 1.54) is 0 Å². The summed E-state index contributed by atoms with van der Waals surface area (Å²) in [5.74, 6) is 0.919. The Hall–Kier alpha value is -3.65. The van der Waals surface area contributed by atoms with Gasteiger partial charge in [0.05, 0.1) is 12.1 Å². The molecule has 0 radical (unpaired) electrons. The lowest BCUT2D eigenvalue weighted by atomic mass is 10.2. The van der Waals surface area contributed by atoms with E-state index in [2.05, 4.69) is 20.6 Å². The van der Waals surface area contributed by atoms with Gasteiger partial charge in [-0.3, -0.25) is 10.1 Å². The van der Waals surface area contributed by atoms with Gasteiger partial charge in [-0.2, -0.15) is 0 Å². The maximum Gasteiger partial charge on any atom is 0.280 e. The fourth-order valence-corrected chi connectivity index (χ4v) is 3.09. The van der Waals surface area contributed by atoms with E-state index in [-0.39, 0.29) is 18.2 Å². The lowest BCUT2D eigenvalue weighted by molar-refractivity contribution is 0.101. The van der Waals surface area contributed by atoms with Crippen LogP contribution in [-0.4, -0.2) is 25.8 Å². The first kappa shape index (κ1) is 20.6. The third-order valence-electron chi connectivity index (χ3n) is 4.59. The lowest BCUT2D eigenvalue weighted by Gasteiger charge is -2.07. The van der Waals surface area contributed by atoms with E-state index >= 15 is 0 Å². The molecule has 0 saturated heterocycles. The average Bonchev–Trinajstić information content (AvgIpc) is 3.34. The van der Waals surface area contributed by atoms with E-state index < -0.39 is 5.91 Å². The van der Waals surface area contributed by atoms with Crippen LogP contribution in [0.2, 0.25) is 5.02 Å². The molecule has 1 N–H and O–H groups in total. The predicted molar refractivity (Wildman–Crippen MR) is 115 cm³/mol. The molecule has 31 heavy (non-hydrogen) atoms. The third-order valence-corrected chi connectivity index (χ3v) is 4.84. The maximum atomic E-state index is 12.7. The number of aryl methyl sites for hydroxylation is 2. The summed E-state index contributed by atoms with van der Waals surface area (Å²) in [4.78, 5) is 16.9. The smallest absolute Gasteiger partial charge is 0.280 e. The molecule has 2 aromatic carbocycles. The van der Waals surface area contributed by atoms with Crippen LogP contribution in [0.15, 0.2) is 59.4 Å². The van der Waals surface area contributed by atoms with Crippen LogP contribution in [0.25, 0.3) is 0 Å². The van der Waals surface area contributed by atoms with Crippen LogP contribution in [0, 0.1) is 13.8 Å². The first-order valence-corrected chi connectivity index (χ1v) is 9.95. The number of halogens is 1. The van der Waals surface area contributed by atoms with Crippen molar-refractivity contribution in [3.8, 4) is 5.75 Å². The van der Waals surface area contributed by atoms with Crippen molar-refractivity contribution in [1.29, 1.82) is 0 Å². The molecule has 0 aliphatic rings. The number of amides is 1. The number of hydrogen-bond donors (Lipinski definition) is 1. The molecule has 0 saturated carbocycles. The SMILES string of the molecule is Cc1cccc(OCc2c(C(=O)Nc3ncn(Cc4ccc(Cl)cc4)n3)noc2C)c1. The molecule has 8 nitrogen and oxygen atoms in total. The number of aromatic nitrogens is 4. The highest BCUT2D eigenvalue weighted by molar-refractivity contribution is 6.30. The zero-order chi connectivity index (χ0) is 21.8. The minimum atomic E-state index is -0.469. The lowest BCUT2D eigenvalue weighted by Crippen LogP contribution is -2.16. The van der Waals surface area contributed by atoms with Gasteiger partial charge in [0.1, 0.15) is 24.4 Å². The summed E-state index contributed by atoms with van der Waals surface area (Å²) in [5, 5.41) is 11.5. The number of anilines is 1. The highest BCUT2D eigenvalue weighted by atomic mass is 35.5. The van der Waals surface area contributed by atoms with Gasteiger partial charge in [0, 0.05) is 5.02 Å². The van der Waals surface area contributed by atoms with Gasteiger partial charge < -0.3 is 9.26 Å². The molecule has 0 spiro atoms. The molecule has 2 aromatic heterocycles. The van der Waals surface area contributed by atoms with Gasteiger partial charge in [0.15, 0.2) is 5.69 Å². The summed E-state index contributed by atoms with van der Waals surface area (Å²) < 4.78 is 12.6. The van der Waals surface area contributed by atoms with Crippen molar-refractivity contribution in [2.45, 2.75) is 27.0 Å². The van der Waals surface area contributed by atoms with Crippen molar-refractivity contribution in [3.63, 3.8) is 0 Å². The Morgan fingerprint density at radius 3 is 2.77 bits per heavy atom. The van der Waals surface area contributed by atoms with E-state index in [0.717, 1.165) is 11.1 Å². The summed E-state index contributed by atoms with van der Waals surface area (Å²) >= 11 is 5.91. The van der Waals surface area contributed by atoms with Crippen molar-refractivity contribution < 1.29 is 14.1 Å². The summed E-state index contributed by atoms with van der Waals surface area (Å²) in [6.07, 6.45) is 1.54. The minimum absolute atomic E-state index is 0.138. The molecular formula is C22H20ClN5O3. The van der Waals surface area contributed by atoms with Crippen LogP contribution < -0.4 is 10.1 Å². The van der Waals surface area contributed by atoms with Gasteiger partial charge in [-0.05, 0) is 49.2 Å². The summed E-state index contributed by atoms with van der Waals surface area (Å²) in [5.41, 5.74) is 2.80. The topological polar surface area (TPSA) is 95.1 Å². The number of hydrogen-bond acceptors (Lipinski definition) is 6.